The van der Waals surface area contributed by atoms with Crippen molar-refractivity contribution in [3.8, 4) is 0 Å². The molecule has 1 N–H and O–H groups in total. The number of fused-ring (bicyclic) bond motifs is 1. The normalized spacial score (nSPS) is 15.4. The van der Waals surface area contributed by atoms with Crippen LogP contribution in [-0.2, 0) is 20.9 Å². The molecule has 0 fully saturated rings. The number of hydrogen-bond acceptors (Lipinski definition) is 4. The highest BCUT2D eigenvalue weighted by Crippen LogP contribution is 2.25. The summed E-state index contributed by atoms with van der Waals surface area (Å²) in [6, 6.07) is 1.37. The van der Waals surface area contributed by atoms with E-state index in [0.717, 1.165) is 17.9 Å². The van der Waals surface area contributed by atoms with Gasteiger partial charge in [-0.2, -0.15) is 5.10 Å². The van der Waals surface area contributed by atoms with Crippen LogP contribution < -0.4 is 10.2 Å². The number of aryl methyl sites for hydroxylation is 2. The minimum Gasteiger partial charge on any atom is -0.382 e. The zero-order chi connectivity index (χ0) is 16.8. The van der Waals surface area contributed by atoms with Gasteiger partial charge in [0.1, 0.15) is 11.9 Å². The first-order chi connectivity index (χ1) is 11.1. The maximum atomic E-state index is 12.5. The molecule has 1 aliphatic heterocycles. The van der Waals surface area contributed by atoms with E-state index in [0.29, 0.717) is 39.1 Å². The molecule has 0 unspecified atom stereocenters. The highest BCUT2D eigenvalue weighted by Gasteiger charge is 2.34. The summed E-state index contributed by atoms with van der Waals surface area (Å²) in [5, 5.41) is 7.29. The first kappa shape index (κ1) is 17.5. The van der Waals surface area contributed by atoms with Crippen LogP contribution in [0.25, 0.3) is 0 Å². The van der Waals surface area contributed by atoms with Gasteiger partial charge < -0.3 is 10.1 Å². The summed E-state index contributed by atoms with van der Waals surface area (Å²) >= 11 is 0. The summed E-state index contributed by atoms with van der Waals surface area (Å²) in [4.78, 5) is 26.5. The molecule has 0 saturated heterocycles. The third-order valence-electron chi connectivity index (χ3n) is 3.90. The van der Waals surface area contributed by atoms with Crippen molar-refractivity contribution in [3.63, 3.8) is 0 Å². The maximum absolute atomic E-state index is 12.5. The molecule has 0 saturated carbocycles. The van der Waals surface area contributed by atoms with Crippen LogP contribution in [0, 0.1) is 6.92 Å². The van der Waals surface area contributed by atoms with Gasteiger partial charge in [-0.15, -0.1) is 0 Å². The van der Waals surface area contributed by atoms with Gasteiger partial charge in [-0.3, -0.25) is 14.5 Å². The maximum Gasteiger partial charge on any atom is 0.243 e. The van der Waals surface area contributed by atoms with E-state index in [1.54, 1.807) is 4.90 Å². The van der Waals surface area contributed by atoms with E-state index in [-0.39, 0.29) is 11.8 Å². The lowest BCUT2D eigenvalue weighted by Crippen LogP contribution is -2.52. The van der Waals surface area contributed by atoms with Gasteiger partial charge in [-0.05, 0) is 26.7 Å². The molecule has 0 aromatic carbocycles. The highest BCUT2D eigenvalue weighted by molar-refractivity contribution is 6.00. The average molecular weight is 322 g/mol. The summed E-state index contributed by atoms with van der Waals surface area (Å²) in [6.07, 6.45) is 1.70. The van der Waals surface area contributed by atoms with Gasteiger partial charge in [-0.1, -0.05) is 6.92 Å². The highest BCUT2D eigenvalue weighted by atomic mass is 16.5. The number of carbonyl (C=O) groups is 2. The molecule has 23 heavy (non-hydrogen) atoms. The lowest BCUT2D eigenvalue weighted by atomic mass is 10.1. The number of amides is 2. The van der Waals surface area contributed by atoms with Crippen molar-refractivity contribution in [3.05, 3.63) is 11.8 Å². The fourth-order valence-corrected chi connectivity index (χ4v) is 2.81. The molecule has 1 aliphatic rings. The molecule has 0 aliphatic carbocycles. The van der Waals surface area contributed by atoms with Crippen LogP contribution >= 0.6 is 0 Å². The van der Waals surface area contributed by atoms with E-state index >= 15 is 0 Å². The standard InChI is InChI=1S/C16H26N4O3/c1-4-13(16(22)17-8-6-10-23-5-2)20-14-11-12(3)18-19(14)9-7-15(20)21/h11,13H,4-10H2,1-3H3,(H,17,22)/t13-/m0/s1. The van der Waals surface area contributed by atoms with E-state index in [9.17, 15) is 9.59 Å². The SMILES string of the molecule is CCOCCCNC(=O)[C@H](CC)N1C(=O)CCn2nc(C)cc21. The first-order valence-electron chi connectivity index (χ1n) is 8.30. The summed E-state index contributed by atoms with van der Waals surface area (Å²) in [7, 11) is 0. The Balaban J connectivity index is 2.04. The van der Waals surface area contributed by atoms with E-state index in [1.807, 2.05) is 31.5 Å². The smallest absolute Gasteiger partial charge is 0.243 e. The van der Waals surface area contributed by atoms with Crippen LogP contribution in [0.5, 0.6) is 0 Å². The number of rotatable bonds is 8. The Labute approximate surface area is 137 Å². The number of ether oxygens (including phenoxy) is 1. The Bertz CT molecular complexity index is 556. The van der Waals surface area contributed by atoms with E-state index in [1.165, 1.54) is 0 Å². The number of carbonyl (C=O) groups excluding carboxylic acids is 2. The van der Waals surface area contributed by atoms with Gasteiger partial charge in [0.2, 0.25) is 11.8 Å². The second kappa shape index (κ2) is 8.10. The number of anilines is 1. The minimum absolute atomic E-state index is 0.0197. The van der Waals surface area contributed by atoms with Crippen molar-refractivity contribution >= 4 is 17.6 Å². The predicted molar refractivity (Wildman–Crippen MR) is 87.3 cm³/mol. The van der Waals surface area contributed by atoms with E-state index < -0.39 is 6.04 Å². The monoisotopic (exact) mass is 322 g/mol. The van der Waals surface area contributed by atoms with Crippen LogP contribution in [0.2, 0.25) is 0 Å². The van der Waals surface area contributed by atoms with Gasteiger partial charge in [-0.25, -0.2) is 4.68 Å². The molecule has 7 nitrogen and oxygen atoms in total. The fraction of sp³-hybridized carbons (Fsp3) is 0.688. The van der Waals surface area contributed by atoms with E-state index in [4.69, 9.17) is 4.74 Å². The molecule has 2 heterocycles. The largest absolute Gasteiger partial charge is 0.382 e. The number of hydrogen-bond donors (Lipinski definition) is 1. The Morgan fingerprint density at radius 2 is 2.26 bits per heavy atom. The average Bonchev–Trinajstić information content (AvgIpc) is 2.90. The van der Waals surface area contributed by atoms with E-state index in [2.05, 4.69) is 10.4 Å². The second-order valence-electron chi connectivity index (χ2n) is 5.65. The van der Waals surface area contributed by atoms with Crippen molar-refractivity contribution in [2.24, 2.45) is 0 Å². The molecule has 0 radical (unpaired) electrons. The summed E-state index contributed by atoms with van der Waals surface area (Å²) in [5.74, 6) is 0.577. The van der Waals surface area contributed by atoms with Gasteiger partial charge in [0.25, 0.3) is 0 Å². The zero-order valence-corrected chi connectivity index (χ0v) is 14.2. The molecule has 1 atom stereocenters. The van der Waals surface area contributed by atoms with Crippen molar-refractivity contribution in [1.29, 1.82) is 0 Å². The van der Waals surface area contributed by atoms with Gasteiger partial charge in [0, 0.05) is 32.2 Å². The molecule has 1 aromatic heterocycles. The first-order valence-corrected chi connectivity index (χ1v) is 8.30. The van der Waals surface area contributed by atoms with Crippen LogP contribution in [0.3, 0.4) is 0 Å². The van der Waals surface area contributed by atoms with Gasteiger partial charge in [0.15, 0.2) is 0 Å². The van der Waals surface area contributed by atoms with Crippen molar-refractivity contribution in [2.45, 2.75) is 52.6 Å². The minimum atomic E-state index is -0.496. The molecule has 0 spiro atoms. The molecule has 128 valence electrons. The Kier molecular flexibility index (Phi) is 6.15. The summed E-state index contributed by atoms with van der Waals surface area (Å²) in [6.45, 7) is 8.18. The molecule has 1 aromatic rings. The quantitative estimate of drug-likeness (QED) is 0.731. The number of nitrogens with zero attached hydrogens (tertiary/aromatic N) is 3. The van der Waals surface area contributed by atoms with Crippen molar-refractivity contribution in [2.75, 3.05) is 24.7 Å². The molecular weight excluding hydrogens is 296 g/mol. The molecule has 0 bridgehead atoms. The molecular formula is C16H26N4O3. The molecule has 7 heteroatoms. The van der Waals surface area contributed by atoms with Crippen LogP contribution in [0.4, 0.5) is 5.82 Å². The Hall–Kier alpha value is -1.89. The van der Waals surface area contributed by atoms with Crippen LogP contribution in [0.15, 0.2) is 6.07 Å². The third-order valence-corrected chi connectivity index (χ3v) is 3.90. The van der Waals surface area contributed by atoms with Crippen LogP contribution in [-0.4, -0.2) is 47.4 Å². The predicted octanol–water partition coefficient (Wildman–Crippen LogP) is 1.25. The molecule has 2 amide bonds. The van der Waals surface area contributed by atoms with Gasteiger partial charge >= 0.3 is 0 Å². The van der Waals surface area contributed by atoms with Crippen LogP contribution in [0.1, 0.15) is 38.8 Å². The number of nitrogens with one attached hydrogen (secondary N) is 1. The van der Waals surface area contributed by atoms with Crippen molar-refractivity contribution in [1.82, 2.24) is 15.1 Å². The third kappa shape index (κ3) is 4.10. The Morgan fingerprint density at radius 1 is 1.48 bits per heavy atom. The van der Waals surface area contributed by atoms with Gasteiger partial charge in [0.05, 0.1) is 12.2 Å². The van der Waals surface area contributed by atoms with Crippen molar-refractivity contribution < 1.29 is 14.3 Å². The zero-order valence-electron chi connectivity index (χ0n) is 14.2. The topological polar surface area (TPSA) is 76.5 Å². The summed E-state index contributed by atoms with van der Waals surface area (Å²) < 4.78 is 7.06. The Morgan fingerprint density at radius 3 is 2.96 bits per heavy atom. The number of aromatic nitrogens is 2. The summed E-state index contributed by atoms with van der Waals surface area (Å²) in [5.41, 5.74) is 0.853. The second-order valence-corrected chi connectivity index (χ2v) is 5.65. The lowest BCUT2D eigenvalue weighted by molar-refractivity contribution is -0.127. The lowest BCUT2D eigenvalue weighted by Gasteiger charge is -2.33. The molecule has 2 rings (SSSR count). The fourth-order valence-electron chi connectivity index (χ4n) is 2.81.